The summed E-state index contributed by atoms with van der Waals surface area (Å²) in [7, 11) is 0. The van der Waals surface area contributed by atoms with Gasteiger partial charge in [0.2, 0.25) is 0 Å². The van der Waals surface area contributed by atoms with Gasteiger partial charge in [-0.3, -0.25) is 14.8 Å². The van der Waals surface area contributed by atoms with Crippen molar-refractivity contribution in [2.75, 3.05) is 13.1 Å². The number of benzene rings is 4. The second kappa shape index (κ2) is 13.7. The first-order valence-corrected chi connectivity index (χ1v) is 19.0. The third-order valence-electron chi connectivity index (χ3n) is 11.8. The van der Waals surface area contributed by atoms with Gasteiger partial charge in [-0.05, 0) is 71.9 Å². The maximum absolute atomic E-state index is 12.6. The molecule has 4 aromatic rings. The second-order valence-electron chi connectivity index (χ2n) is 15.2. The first-order chi connectivity index (χ1) is 26.1. The predicted molar refractivity (Wildman–Crippen MR) is 213 cm³/mol. The molecular weight excluding hydrogens is 651 g/mol. The minimum Gasteiger partial charge on any atom is -0.411 e. The molecule has 53 heavy (non-hydrogen) atoms. The molecule has 10 rings (SSSR count). The van der Waals surface area contributed by atoms with Gasteiger partial charge in [-0.15, -0.1) is 0 Å². The monoisotopic (exact) mass is 693 g/mol. The number of Topliss-reactive ketones (excluding diaryl/α,β-unsaturated/α-hetero) is 1. The van der Waals surface area contributed by atoms with Gasteiger partial charge < -0.3 is 5.21 Å². The Morgan fingerprint density at radius 1 is 0.547 bits per heavy atom. The van der Waals surface area contributed by atoms with E-state index in [-0.39, 0.29) is 22.5 Å². The molecule has 0 unspecified atom stereocenters. The zero-order valence-electron chi connectivity index (χ0n) is 29.9. The molecule has 262 valence electrons. The number of carbonyl (C=O) groups is 1. The lowest BCUT2D eigenvalue weighted by Crippen LogP contribution is -2.29. The standard InChI is InChI=1S/C24H22N2O.C24H21NO/c27-26-22(17-11-12-17)23-21-13-14-24(15-18(21)16-25-23,19-7-3-1-4-8-19)20-9-5-2-6-10-20;26-23(17-11-12-17)22-21-13-14-24(15-18(21)16-25-22,19-7-3-1-4-8-19)20-9-5-2-6-10-20/h1-10,13-14,17,27H,11-12,15-16H2;1-10,13-14,17H,11-12,15-16H2. The molecule has 5 heteroatoms. The summed E-state index contributed by atoms with van der Waals surface area (Å²) in [6.07, 6.45) is 15.0. The van der Waals surface area contributed by atoms with Gasteiger partial charge in [0.05, 0.1) is 18.8 Å². The minimum absolute atomic E-state index is 0.178. The van der Waals surface area contributed by atoms with Crippen LogP contribution in [0.3, 0.4) is 0 Å². The van der Waals surface area contributed by atoms with E-state index in [1.165, 1.54) is 33.4 Å². The first-order valence-electron chi connectivity index (χ1n) is 19.0. The summed E-state index contributed by atoms with van der Waals surface area (Å²) in [5.74, 6) is 0.861. The fourth-order valence-electron chi connectivity index (χ4n) is 8.68. The number of rotatable bonds is 8. The van der Waals surface area contributed by atoms with E-state index in [9.17, 15) is 10.0 Å². The number of allylic oxidation sites excluding steroid dienone is 6. The molecule has 2 fully saturated rings. The SMILES string of the molecule is O=C(C1=NCC2=C1C=CC(c1ccccc1)(c1ccccc1)C2)C1CC1.ON=C(C1=NCC2=C1C=CC(c1ccccc1)(c1ccccc1)C2)C1CC1. The van der Waals surface area contributed by atoms with Gasteiger partial charge in [0, 0.05) is 33.8 Å². The third kappa shape index (κ3) is 6.08. The number of nitrogens with zero attached hydrogens (tertiary/aromatic N) is 3. The van der Waals surface area contributed by atoms with E-state index >= 15 is 0 Å². The van der Waals surface area contributed by atoms with Gasteiger partial charge in [-0.25, -0.2) is 0 Å². The van der Waals surface area contributed by atoms with Crippen LogP contribution in [0.15, 0.2) is 183 Å². The number of hydrogen-bond acceptors (Lipinski definition) is 5. The normalized spacial score (nSPS) is 20.9. The summed E-state index contributed by atoms with van der Waals surface area (Å²) in [5.41, 5.74) is 12.1. The Morgan fingerprint density at radius 2 is 0.925 bits per heavy atom. The first kappa shape index (κ1) is 33.2. The summed E-state index contributed by atoms with van der Waals surface area (Å²) in [6.45, 7) is 1.36. The highest BCUT2D eigenvalue weighted by atomic mass is 16.4. The molecule has 0 atom stereocenters. The Labute approximate surface area is 311 Å². The maximum atomic E-state index is 12.6. The van der Waals surface area contributed by atoms with Crippen LogP contribution in [0.1, 0.15) is 60.8 Å². The number of aliphatic imine (C=N–C) groups is 2. The highest BCUT2D eigenvalue weighted by molar-refractivity contribution is 6.50. The van der Waals surface area contributed by atoms with Crippen LogP contribution < -0.4 is 0 Å². The molecular formula is C48H43N3O2. The van der Waals surface area contributed by atoms with Crippen molar-refractivity contribution in [2.24, 2.45) is 27.0 Å². The molecule has 2 heterocycles. The second-order valence-corrected chi connectivity index (χ2v) is 15.2. The molecule has 0 amide bonds. The molecule has 0 aromatic heterocycles. The molecule has 0 radical (unpaired) electrons. The molecule has 2 saturated carbocycles. The van der Waals surface area contributed by atoms with Crippen molar-refractivity contribution in [1.29, 1.82) is 0 Å². The molecule has 6 aliphatic rings. The molecule has 0 spiro atoms. The van der Waals surface area contributed by atoms with E-state index in [2.05, 4.69) is 156 Å². The molecule has 1 N–H and O–H groups in total. The van der Waals surface area contributed by atoms with Crippen molar-refractivity contribution in [1.82, 2.24) is 0 Å². The Hall–Kier alpha value is -5.68. The van der Waals surface area contributed by atoms with E-state index in [0.717, 1.165) is 66.8 Å². The van der Waals surface area contributed by atoms with Crippen molar-refractivity contribution in [3.63, 3.8) is 0 Å². The van der Waals surface area contributed by atoms with Crippen LogP contribution in [0.2, 0.25) is 0 Å². The van der Waals surface area contributed by atoms with Crippen LogP contribution in [0.25, 0.3) is 0 Å². The minimum atomic E-state index is -0.186. The molecule has 2 aliphatic heterocycles. The van der Waals surface area contributed by atoms with Gasteiger partial charge in [0.15, 0.2) is 5.78 Å². The van der Waals surface area contributed by atoms with E-state index in [4.69, 9.17) is 4.99 Å². The van der Waals surface area contributed by atoms with E-state index in [1.54, 1.807) is 0 Å². The number of carbonyl (C=O) groups excluding carboxylic acids is 1. The zero-order chi connectivity index (χ0) is 35.8. The fraction of sp³-hybridized carbons (Fsp3) is 0.250. The summed E-state index contributed by atoms with van der Waals surface area (Å²) < 4.78 is 0. The van der Waals surface area contributed by atoms with Gasteiger partial charge in [-0.1, -0.05) is 151 Å². The lowest BCUT2D eigenvalue weighted by molar-refractivity contribution is -0.113. The number of oxime groups is 1. The third-order valence-corrected chi connectivity index (χ3v) is 11.8. The zero-order valence-corrected chi connectivity index (χ0v) is 29.9. The Morgan fingerprint density at radius 3 is 1.30 bits per heavy atom. The highest BCUT2D eigenvalue weighted by Gasteiger charge is 2.42. The van der Waals surface area contributed by atoms with Crippen LogP contribution >= 0.6 is 0 Å². The topological polar surface area (TPSA) is 74.4 Å². The van der Waals surface area contributed by atoms with Crippen LogP contribution in [0.5, 0.6) is 0 Å². The van der Waals surface area contributed by atoms with E-state index in [0.29, 0.717) is 19.0 Å². The smallest absolute Gasteiger partial charge is 0.184 e. The summed E-state index contributed by atoms with van der Waals surface area (Å²) >= 11 is 0. The van der Waals surface area contributed by atoms with Crippen molar-refractivity contribution in [3.05, 3.63) is 190 Å². The maximum Gasteiger partial charge on any atom is 0.184 e. The predicted octanol–water partition coefficient (Wildman–Crippen LogP) is 9.59. The van der Waals surface area contributed by atoms with Crippen molar-refractivity contribution in [2.45, 2.75) is 49.4 Å². The number of hydrogen-bond donors (Lipinski definition) is 1. The van der Waals surface area contributed by atoms with E-state index in [1.807, 2.05) is 0 Å². The lowest BCUT2D eigenvalue weighted by Gasteiger charge is -2.35. The quantitative estimate of drug-likeness (QED) is 0.113. The molecule has 5 nitrogen and oxygen atoms in total. The van der Waals surface area contributed by atoms with E-state index < -0.39 is 0 Å². The molecule has 0 bridgehead atoms. The van der Waals surface area contributed by atoms with Crippen LogP contribution in [-0.4, -0.2) is 41.2 Å². The summed E-state index contributed by atoms with van der Waals surface area (Å²) in [4.78, 5) is 22.0. The van der Waals surface area contributed by atoms with Gasteiger partial charge in [0.1, 0.15) is 11.4 Å². The summed E-state index contributed by atoms with van der Waals surface area (Å²) in [6, 6.07) is 42.8. The largest absolute Gasteiger partial charge is 0.411 e. The average molecular weight is 694 g/mol. The van der Waals surface area contributed by atoms with Gasteiger partial charge in [-0.2, -0.15) is 0 Å². The molecule has 4 aromatic carbocycles. The van der Waals surface area contributed by atoms with Crippen molar-refractivity contribution < 1.29 is 10.0 Å². The Kier molecular flexibility index (Phi) is 8.58. The lowest BCUT2D eigenvalue weighted by atomic mass is 9.67. The summed E-state index contributed by atoms with van der Waals surface area (Å²) in [5, 5.41) is 13.1. The highest BCUT2D eigenvalue weighted by Crippen LogP contribution is 2.47. The fourth-order valence-corrected chi connectivity index (χ4v) is 8.68. The van der Waals surface area contributed by atoms with Crippen LogP contribution in [0.4, 0.5) is 0 Å². The molecule has 0 saturated heterocycles. The van der Waals surface area contributed by atoms with Crippen molar-refractivity contribution >= 4 is 22.9 Å². The number of ketones is 1. The van der Waals surface area contributed by atoms with Crippen molar-refractivity contribution in [3.8, 4) is 0 Å². The van der Waals surface area contributed by atoms with Crippen LogP contribution in [-0.2, 0) is 15.6 Å². The van der Waals surface area contributed by atoms with Gasteiger partial charge >= 0.3 is 0 Å². The van der Waals surface area contributed by atoms with Gasteiger partial charge in [0.25, 0.3) is 0 Å². The average Bonchev–Trinajstić information content (AvgIpc) is 4.17. The Balaban J connectivity index is 0.000000141. The van der Waals surface area contributed by atoms with Crippen LogP contribution in [0, 0.1) is 11.8 Å². The Bertz CT molecular complexity index is 2170. The molecule has 4 aliphatic carbocycles.